The van der Waals surface area contributed by atoms with E-state index in [4.69, 9.17) is 21.4 Å². The molecule has 0 aromatic heterocycles. The van der Waals surface area contributed by atoms with Crippen LogP contribution in [-0.2, 0) is 10.9 Å². The maximum Gasteiger partial charge on any atom is 0.143 e. The lowest BCUT2D eigenvalue weighted by atomic mass is 10.1. The zero-order valence-electron chi connectivity index (χ0n) is 14.5. The van der Waals surface area contributed by atoms with Gasteiger partial charge in [-0.15, -0.1) is 10.2 Å². The normalized spacial score (nSPS) is 24.7. The maximum absolute atomic E-state index is 8.60. The molecule has 0 spiro atoms. The van der Waals surface area contributed by atoms with Crippen LogP contribution in [0.3, 0.4) is 0 Å². The average Bonchev–Trinajstić information content (AvgIpc) is 2.86. The van der Waals surface area contributed by atoms with Crippen LogP contribution in [0.4, 0.5) is 0 Å². The fourth-order valence-electron chi connectivity index (χ4n) is 2.22. The van der Waals surface area contributed by atoms with Crippen molar-refractivity contribution in [3.05, 3.63) is 35.9 Å². The smallest absolute Gasteiger partial charge is 0.143 e. The van der Waals surface area contributed by atoms with E-state index < -0.39 is 23.6 Å². The molecule has 1 fully saturated rings. The van der Waals surface area contributed by atoms with Gasteiger partial charge < -0.3 is 0 Å². The van der Waals surface area contributed by atoms with E-state index in [-0.39, 0.29) is 10.9 Å². The summed E-state index contributed by atoms with van der Waals surface area (Å²) in [6.45, 7) is 6.50. The summed E-state index contributed by atoms with van der Waals surface area (Å²) in [6, 6.07) is 10.6. The lowest BCUT2D eigenvalue weighted by Gasteiger charge is -2.19. The number of benzene rings is 1. The maximum atomic E-state index is 8.60. The van der Waals surface area contributed by atoms with Crippen LogP contribution >= 0.6 is 0 Å². The lowest BCUT2D eigenvalue weighted by Crippen LogP contribution is -2.68. The van der Waals surface area contributed by atoms with Crippen molar-refractivity contribution < 1.29 is 31.6 Å². The summed E-state index contributed by atoms with van der Waals surface area (Å²) in [6.07, 6.45) is 2.35. The molecule has 2 atom stereocenters. The molecule has 0 aliphatic carbocycles. The molecule has 0 N–H and O–H groups in total. The second kappa shape index (κ2) is 7.96. The van der Waals surface area contributed by atoms with E-state index in [2.05, 4.69) is 43.9 Å². The first kappa shape index (κ1) is 15.8. The number of hydrogen-bond donors (Lipinski definition) is 0. The molecular formula is C14H23ClO4SSi. The summed E-state index contributed by atoms with van der Waals surface area (Å²) in [5.74, 6) is 1.08. The SMILES string of the molecule is [2H]C([2H])([S+]1CCC[C@H]1c1ccccc1)[Si](C)(C)C.[O-][Cl+3]([O-])([O-])[O-]. The van der Waals surface area contributed by atoms with Gasteiger partial charge in [-0.05, 0) is 17.3 Å². The minimum atomic E-state index is -4.94. The predicted molar refractivity (Wildman–Crippen MR) is 78.9 cm³/mol. The Morgan fingerprint density at radius 2 is 1.71 bits per heavy atom. The van der Waals surface area contributed by atoms with Crippen LogP contribution in [0.15, 0.2) is 30.3 Å². The summed E-state index contributed by atoms with van der Waals surface area (Å²) in [5.41, 5.74) is 1.35. The van der Waals surface area contributed by atoms with Gasteiger partial charge in [-0.25, -0.2) is 18.6 Å². The Morgan fingerprint density at radius 1 is 1.19 bits per heavy atom. The van der Waals surface area contributed by atoms with Crippen LogP contribution in [0.25, 0.3) is 0 Å². The topological polar surface area (TPSA) is 92.2 Å². The lowest BCUT2D eigenvalue weighted by molar-refractivity contribution is -2.00. The van der Waals surface area contributed by atoms with E-state index in [0.29, 0.717) is 5.25 Å². The summed E-state index contributed by atoms with van der Waals surface area (Å²) in [7, 11) is -6.82. The predicted octanol–water partition coefficient (Wildman–Crippen LogP) is -0.739. The van der Waals surface area contributed by atoms with Crippen molar-refractivity contribution >= 4 is 19.0 Å². The zero-order valence-corrected chi connectivity index (χ0v) is 15.1. The second-order valence-electron chi connectivity index (χ2n) is 5.90. The van der Waals surface area contributed by atoms with Gasteiger partial charge in [0.15, 0.2) is 0 Å². The van der Waals surface area contributed by atoms with E-state index in [0.717, 1.165) is 12.2 Å². The molecule has 120 valence electrons. The number of hydrogen-bond acceptors (Lipinski definition) is 4. The Bertz CT molecular complexity index is 488. The van der Waals surface area contributed by atoms with Crippen LogP contribution in [0.2, 0.25) is 19.6 Å². The first-order valence-corrected chi connectivity index (χ1v) is 12.9. The molecule has 1 aliphatic rings. The molecule has 1 aliphatic heterocycles. The molecule has 0 amide bonds. The van der Waals surface area contributed by atoms with Gasteiger partial charge in [0.2, 0.25) is 0 Å². The monoisotopic (exact) mass is 352 g/mol. The molecule has 0 bridgehead atoms. The molecule has 1 aromatic rings. The van der Waals surface area contributed by atoms with Gasteiger partial charge >= 0.3 is 0 Å². The molecule has 0 radical (unpaired) electrons. The Kier molecular flexibility index (Phi) is 5.99. The first-order chi connectivity index (χ1) is 10.3. The summed E-state index contributed by atoms with van der Waals surface area (Å²) in [4.78, 5) is 0. The molecule has 21 heavy (non-hydrogen) atoms. The molecule has 4 nitrogen and oxygen atoms in total. The van der Waals surface area contributed by atoms with Crippen molar-refractivity contribution in [2.75, 3.05) is 11.1 Å². The summed E-state index contributed by atoms with van der Waals surface area (Å²) >= 11 is 0. The largest absolute Gasteiger partial charge is 0.222 e. The van der Waals surface area contributed by atoms with Crippen molar-refractivity contribution in [1.29, 1.82) is 0 Å². The van der Waals surface area contributed by atoms with Crippen LogP contribution < -0.4 is 18.6 Å². The highest BCUT2D eigenvalue weighted by molar-refractivity contribution is 7.98. The molecule has 7 heteroatoms. The number of halogens is 1. The highest BCUT2D eigenvalue weighted by atomic mass is 35.7. The van der Waals surface area contributed by atoms with Gasteiger partial charge in [0.1, 0.15) is 19.1 Å². The van der Waals surface area contributed by atoms with Gasteiger partial charge in [0.25, 0.3) is 0 Å². The average molecular weight is 353 g/mol. The quantitative estimate of drug-likeness (QED) is 0.529. The van der Waals surface area contributed by atoms with Crippen molar-refractivity contribution in [2.45, 2.75) is 37.7 Å². The van der Waals surface area contributed by atoms with Crippen LogP contribution in [0.5, 0.6) is 0 Å². The molecule has 0 saturated carbocycles. The standard InChI is InChI=1S/C14H23SSi.ClHO4/c1-16(2,3)12-15-11-7-10-14(15)13-8-5-4-6-9-13;2-1(3,4)5/h4-6,8-9,14H,7,10-12H2,1-3H3;(H,2,3,4,5)/q+1;/p-1/t14-,15?;/m0./s1/i12D2;. The van der Waals surface area contributed by atoms with Crippen LogP contribution in [-0.4, -0.2) is 19.2 Å². The third-order valence-corrected chi connectivity index (χ3v) is 8.20. The van der Waals surface area contributed by atoms with Gasteiger partial charge in [0.05, 0.1) is 8.07 Å². The van der Waals surface area contributed by atoms with E-state index in [1.165, 1.54) is 12.0 Å². The molecule has 1 saturated heterocycles. The van der Waals surface area contributed by atoms with E-state index in [9.17, 15) is 0 Å². The molecule has 1 heterocycles. The van der Waals surface area contributed by atoms with E-state index >= 15 is 0 Å². The Hall–Kier alpha value is -0.0831. The van der Waals surface area contributed by atoms with Crippen molar-refractivity contribution in [1.82, 2.24) is 0 Å². The molecular weight excluding hydrogens is 328 g/mol. The van der Waals surface area contributed by atoms with Gasteiger partial charge in [-0.2, -0.15) is 0 Å². The third-order valence-electron chi connectivity index (χ3n) is 2.78. The Morgan fingerprint density at radius 3 is 2.19 bits per heavy atom. The van der Waals surface area contributed by atoms with Gasteiger partial charge in [-0.3, -0.25) is 0 Å². The van der Waals surface area contributed by atoms with Crippen molar-refractivity contribution in [3.8, 4) is 0 Å². The van der Waals surface area contributed by atoms with Gasteiger partial charge in [-0.1, -0.05) is 50.0 Å². The summed E-state index contributed by atoms with van der Waals surface area (Å²) < 4.78 is 51.2. The minimum absolute atomic E-state index is 0.101. The van der Waals surface area contributed by atoms with Crippen molar-refractivity contribution in [2.24, 2.45) is 0 Å². The highest BCUT2D eigenvalue weighted by Crippen LogP contribution is 2.37. The fourth-order valence-corrected chi connectivity index (χ4v) is 8.05. The minimum Gasteiger partial charge on any atom is -0.222 e. The molecule has 1 aromatic carbocycles. The van der Waals surface area contributed by atoms with Gasteiger partial charge in [0, 0.05) is 12.0 Å². The van der Waals surface area contributed by atoms with E-state index in [1.54, 1.807) is 0 Å². The van der Waals surface area contributed by atoms with E-state index in [1.807, 2.05) is 6.07 Å². The Labute approximate surface area is 135 Å². The van der Waals surface area contributed by atoms with Crippen molar-refractivity contribution in [3.63, 3.8) is 0 Å². The second-order valence-corrected chi connectivity index (χ2v) is 13.8. The Balaban J connectivity index is 0.000000463. The molecule has 2 rings (SSSR count). The zero-order chi connectivity index (χ0) is 17.9. The van der Waals surface area contributed by atoms with Crippen LogP contribution in [0, 0.1) is 10.2 Å². The number of rotatable bonds is 3. The summed E-state index contributed by atoms with van der Waals surface area (Å²) in [5, 5.41) is -0.489. The molecule has 1 unspecified atom stereocenters. The first-order valence-electron chi connectivity index (χ1n) is 7.70. The third kappa shape index (κ3) is 8.82. The van der Waals surface area contributed by atoms with Crippen LogP contribution in [0.1, 0.15) is 26.4 Å². The fraction of sp³-hybridized carbons (Fsp3) is 0.571. The highest BCUT2D eigenvalue weighted by Gasteiger charge is 2.40.